The van der Waals surface area contributed by atoms with E-state index in [1.54, 1.807) is 6.20 Å². The highest BCUT2D eigenvalue weighted by Crippen LogP contribution is 2.20. The summed E-state index contributed by atoms with van der Waals surface area (Å²) in [5.74, 6) is 1.28. The fourth-order valence-corrected chi connectivity index (χ4v) is 3.26. The molecular weight excluding hydrogens is 479 g/mol. The van der Waals surface area contributed by atoms with E-state index in [0.717, 1.165) is 37.7 Å². The minimum atomic E-state index is -0.0617. The summed E-state index contributed by atoms with van der Waals surface area (Å²) in [5, 5.41) is 9.34. The Kier molecular flexibility index (Phi) is 11.5. The zero-order valence-corrected chi connectivity index (χ0v) is 20.6. The second-order valence-corrected chi connectivity index (χ2v) is 8.00. The first-order valence-electron chi connectivity index (χ1n) is 10.4. The summed E-state index contributed by atoms with van der Waals surface area (Å²) in [7, 11) is 0. The zero-order valence-electron chi connectivity index (χ0n) is 18.3. The number of piperidine rings is 1. The minimum absolute atomic E-state index is 0. The number of anilines is 1. The third kappa shape index (κ3) is 9.29. The Morgan fingerprint density at radius 3 is 2.55 bits per heavy atom. The van der Waals surface area contributed by atoms with Gasteiger partial charge in [-0.3, -0.25) is 14.7 Å². The van der Waals surface area contributed by atoms with E-state index < -0.39 is 0 Å². The van der Waals surface area contributed by atoms with E-state index in [1.165, 1.54) is 19.3 Å². The summed E-state index contributed by atoms with van der Waals surface area (Å²) in [6.45, 7) is 12.9. The van der Waals surface area contributed by atoms with Gasteiger partial charge >= 0.3 is 0 Å². The topological polar surface area (TPSA) is 81.7 Å². The Hall–Kier alpha value is -1.42. The Balaban J connectivity index is 0.00000420. The highest BCUT2D eigenvalue weighted by Gasteiger charge is 2.27. The smallest absolute Gasteiger partial charge is 0.227 e. The van der Waals surface area contributed by atoms with Gasteiger partial charge < -0.3 is 16.0 Å². The maximum atomic E-state index is 12.1. The van der Waals surface area contributed by atoms with Gasteiger partial charge in [0.15, 0.2) is 5.96 Å². The number of hydrogen-bond donors (Lipinski definition) is 3. The summed E-state index contributed by atoms with van der Waals surface area (Å²) >= 11 is 0. The van der Waals surface area contributed by atoms with Crippen molar-refractivity contribution in [2.75, 3.05) is 38.0 Å². The van der Waals surface area contributed by atoms with Crippen molar-refractivity contribution in [3.63, 3.8) is 0 Å². The maximum Gasteiger partial charge on any atom is 0.227 e. The van der Waals surface area contributed by atoms with Crippen molar-refractivity contribution in [3.8, 4) is 0 Å². The Bertz CT molecular complexity index is 641. The molecule has 1 aromatic rings. The lowest BCUT2D eigenvalue weighted by atomic mass is 9.99. The van der Waals surface area contributed by atoms with Crippen molar-refractivity contribution in [1.29, 1.82) is 0 Å². The molecule has 0 atom stereocenters. The number of aryl methyl sites for hydroxylation is 1. The average molecular weight is 516 g/mol. The summed E-state index contributed by atoms with van der Waals surface area (Å²) in [6.07, 6.45) is 5.98. The van der Waals surface area contributed by atoms with Gasteiger partial charge in [0.1, 0.15) is 5.82 Å². The van der Waals surface area contributed by atoms with E-state index in [0.29, 0.717) is 18.8 Å². The fourth-order valence-electron chi connectivity index (χ4n) is 3.26. The molecule has 1 aliphatic heterocycles. The van der Waals surface area contributed by atoms with Crippen molar-refractivity contribution >= 4 is 41.7 Å². The molecule has 1 fully saturated rings. The first-order valence-corrected chi connectivity index (χ1v) is 10.4. The van der Waals surface area contributed by atoms with Crippen LogP contribution in [0.1, 0.15) is 52.0 Å². The van der Waals surface area contributed by atoms with Crippen LogP contribution in [0.4, 0.5) is 5.82 Å². The van der Waals surface area contributed by atoms with E-state index >= 15 is 0 Å². The molecule has 2 heterocycles. The van der Waals surface area contributed by atoms with Gasteiger partial charge in [-0.1, -0.05) is 12.5 Å². The quantitative estimate of drug-likeness (QED) is 0.281. The molecule has 1 saturated heterocycles. The van der Waals surface area contributed by atoms with E-state index in [2.05, 4.69) is 39.7 Å². The first kappa shape index (κ1) is 25.6. The molecule has 0 saturated carbocycles. The molecule has 2 rings (SSSR count). The number of aliphatic imine (C=N–C) groups is 1. The summed E-state index contributed by atoms with van der Waals surface area (Å²) in [5.41, 5.74) is 1.11. The predicted octanol–water partition coefficient (Wildman–Crippen LogP) is 3.16. The Morgan fingerprint density at radius 1 is 1.21 bits per heavy atom. The van der Waals surface area contributed by atoms with Gasteiger partial charge in [-0.15, -0.1) is 24.0 Å². The standard InChI is InChI=1S/C21H36N6O.HI/c1-5-22-20(25-16-21(3,4)27-13-7-6-8-14-27)23-12-11-19(28)26-18-10-9-17(2)15-24-18;/h9-10,15H,5-8,11-14,16H2,1-4H3,(H2,22,23,25)(H,24,26,28);1H. The Morgan fingerprint density at radius 2 is 1.93 bits per heavy atom. The van der Waals surface area contributed by atoms with Crippen molar-refractivity contribution in [1.82, 2.24) is 20.5 Å². The number of guanidine groups is 1. The molecule has 3 N–H and O–H groups in total. The second kappa shape index (κ2) is 13.0. The summed E-state index contributed by atoms with van der Waals surface area (Å²) in [6, 6.07) is 3.75. The minimum Gasteiger partial charge on any atom is -0.357 e. The van der Waals surface area contributed by atoms with E-state index in [-0.39, 0.29) is 35.4 Å². The van der Waals surface area contributed by atoms with Crippen LogP contribution in [0.5, 0.6) is 0 Å². The van der Waals surface area contributed by atoms with Crippen molar-refractivity contribution in [3.05, 3.63) is 23.9 Å². The molecule has 0 radical (unpaired) electrons. The lowest BCUT2D eigenvalue weighted by Gasteiger charge is -2.40. The number of amides is 1. The first-order chi connectivity index (χ1) is 13.4. The second-order valence-electron chi connectivity index (χ2n) is 8.00. The van der Waals surface area contributed by atoms with Gasteiger partial charge in [0.05, 0.1) is 6.54 Å². The summed E-state index contributed by atoms with van der Waals surface area (Å²) < 4.78 is 0. The van der Waals surface area contributed by atoms with Gasteiger partial charge in [0, 0.05) is 31.2 Å². The normalized spacial score (nSPS) is 15.4. The van der Waals surface area contributed by atoms with Crippen molar-refractivity contribution in [2.24, 2.45) is 4.99 Å². The van der Waals surface area contributed by atoms with Crippen LogP contribution in [0.15, 0.2) is 23.3 Å². The third-order valence-corrected chi connectivity index (χ3v) is 5.00. The molecule has 0 spiro atoms. The van der Waals surface area contributed by atoms with E-state index in [1.807, 2.05) is 26.0 Å². The number of rotatable bonds is 8. The molecule has 1 aliphatic rings. The molecule has 0 bridgehead atoms. The highest BCUT2D eigenvalue weighted by atomic mass is 127. The predicted molar refractivity (Wildman–Crippen MR) is 131 cm³/mol. The summed E-state index contributed by atoms with van der Waals surface area (Å²) in [4.78, 5) is 23.6. The van der Waals surface area contributed by atoms with Crippen molar-refractivity contribution in [2.45, 2.75) is 58.9 Å². The number of hydrogen-bond acceptors (Lipinski definition) is 4. The molecule has 29 heavy (non-hydrogen) atoms. The van der Waals surface area contributed by atoms with Gasteiger partial charge in [0.2, 0.25) is 5.91 Å². The molecule has 1 aromatic heterocycles. The van der Waals surface area contributed by atoms with E-state index in [4.69, 9.17) is 4.99 Å². The van der Waals surface area contributed by atoms with Gasteiger partial charge in [-0.25, -0.2) is 4.98 Å². The lowest BCUT2D eigenvalue weighted by molar-refractivity contribution is -0.116. The molecule has 0 aromatic carbocycles. The van der Waals surface area contributed by atoms with Crippen LogP contribution in [0, 0.1) is 6.92 Å². The molecule has 7 nitrogen and oxygen atoms in total. The van der Waals surface area contributed by atoms with Crippen LogP contribution in [0.2, 0.25) is 0 Å². The number of likely N-dealkylation sites (tertiary alicyclic amines) is 1. The van der Waals surface area contributed by atoms with Crippen LogP contribution < -0.4 is 16.0 Å². The maximum absolute atomic E-state index is 12.1. The van der Waals surface area contributed by atoms with Crippen LogP contribution in [0.25, 0.3) is 0 Å². The molecule has 8 heteroatoms. The average Bonchev–Trinajstić information content (AvgIpc) is 2.68. The molecule has 164 valence electrons. The number of carbonyl (C=O) groups is 1. The molecule has 1 amide bonds. The zero-order chi connectivity index (χ0) is 20.4. The van der Waals surface area contributed by atoms with Crippen LogP contribution in [-0.4, -0.2) is 60.0 Å². The van der Waals surface area contributed by atoms with Gasteiger partial charge in [0.25, 0.3) is 0 Å². The number of carbonyl (C=O) groups excluding carboxylic acids is 1. The fraction of sp³-hybridized carbons (Fsp3) is 0.667. The largest absolute Gasteiger partial charge is 0.357 e. The molecule has 0 unspecified atom stereocenters. The van der Waals surface area contributed by atoms with Gasteiger partial charge in [-0.05, 0) is 65.3 Å². The van der Waals surface area contributed by atoms with Crippen LogP contribution in [0.3, 0.4) is 0 Å². The Labute approximate surface area is 192 Å². The monoisotopic (exact) mass is 516 g/mol. The molecule has 0 aliphatic carbocycles. The van der Waals surface area contributed by atoms with E-state index in [9.17, 15) is 4.79 Å². The SMILES string of the molecule is CCNC(=NCC(C)(C)N1CCCCC1)NCCC(=O)Nc1ccc(C)cn1.I. The highest BCUT2D eigenvalue weighted by molar-refractivity contribution is 14.0. The third-order valence-electron chi connectivity index (χ3n) is 5.00. The number of aromatic nitrogens is 1. The number of nitrogens with zero attached hydrogens (tertiary/aromatic N) is 3. The van der Waals surface area contributed by atoms with Crippen molar-refractivity contribution < 1.29 is 4.79 Å². The number of pyridine rings is 1. The van der Waals surface area contributed by atoms with Gasteiger partial charge in [-0.2, -0.15) is 0 Å². The van der Waals surface area contributed by atoms with Crippen LogP contribution in [-0.2, 0) is 4.79 Å². The lowest BCUT2D eigenvalue weighted by Crippen LogP contribution is -2.49. The number of nitrogens with one attached hydrogen (secondary N) is 3. The number of halogens is 1. The van der Waals surface area contributed by atoms with Crippen LogP contribution >= 0.6 is 24.0 Å². The molecular formula is C21H37IN6O.